The Bertz CT molecular complexity index is 693. The van der Waals surface area contributed by atoms with Gasteiger partial charge in [0, 0.05) is 17.0 Å². The molecule has 0 N–H and O–H groups in total. The molecule has 0 fully saturated rings. The second-order valence-electron chi connectivity index (χ2n) is 7.01. The number of carbonyl (C=O) groups is 1. The molecule has 0 aliphatic carbocycles. The predicted octanol–water partition coefficient (Wildman–Crippen LogP) is 3.93. The van der Waals surface area contributed by atoms with Crippen LogP contribution < -0.4 is 4.74 Å². The van der Waals surface area contributed by atoms with E-state index in [4.69, 9.17) is 9.47 Å². The standard InChI is InChI=1S/C18H24N2O5/c1-12-9-10-15(20(22)23)16(13-7-6-8-14(11-13)24-5)19(12)17(21)25-18(2,3)4/h6-9,11,15-16H,10H2,1-5H3/t15-,16+/m1/s1. The van der Waals surface area contributed by atoms with Gasteiger partial charge in [-0.2, -0.15) is 0 Å². The lowest BCUT2D eigenvalue weighted by molar-refractivity contribution is -0.530. The average Bonchev–Trinajstić information content (AvgIpc) is 2.52. The van der Waals surface area contributed by atoms with Gasteiger partial charge in [-0.25, -0.2) is 4.79 Å². The number of carbonyl (C=O) groups excluding carboxylic acids is 1. The summed E-state index contributed by atoms with van der Waals surface area (Å²) in [6.07, 6.45) is 1.36. The normalized spacial score (nSPS) is 20.7. The van der Waals surface area contributed by atoms with Crippen LogP contribution in [0.3, 0.4) is 0 Å². The van der Waals surface area contributed by atoms with E-state index in [1.54, 1.807) is 58.0 Å². The van der Waals surface area contributed by atoms with Gasteiger partial charge in [-0.1, -0.05) is 18.2 Å². The van der Waals surface area contributed by atoms with Crippen LogP contribution >= 0.6 is 0 Å². The SMILES string of the molecule is COc1cccc([C@H]2[C@H]([N+](=O)[O-])CC=C(C)N2C(=O)OC(C)(C)C)c1. The minimum atomic E-state index is -0.955. The smallest absolute Gasteiger partial charge is 0.415 e. The van der Waals surface area contributed by atoms with Crippen LogP contribution in [0.15, 0.2) is 36.0 Å². The summed E-state index contributed by atoms with van der Waals surface area (Å²) < 4.78 is 10.7. The number of hydrogen-bond acceptors (Lipinski definition) is 5. The van der Waals surface area contributed by atoms with Gasteiger partial charge in [0.2, 0.25) is 6.04 Å². The van der Waals surface area contributed by atoms with Crippen LogP contribution in [0.25, 0.3) is 0 Å². The summed E-state index contributed by atoms with van der Waals surface area (Å²) in [5.74, 6) is 0.580. The molecule has 0 bridgehead atoms. The number of ether oxygens (including phenoxy) is 2. The minimum Gasteiger partial charge on any atom is -0.497 e. The van der Waals surface area contributed by atoms with Crippen molar-refractivity contribution in [2.75, 3.05) is 7.11 Å². The van der Waals surface area contributed by atoms with E-state index in [1.807, 2.05) is 0 Å². The summed E-state index contributed by atoms with van der Waals surface area (Å²) in [6, 6.07) is 5.28. The highest BCUT2D eigenvalue weighted by Crippen LogP contribution is 2.37. The lowest BCUT2D eigenvalue weighted by atomic mass is 9.92. The minimum absolute atomic E-state index is 0.250. The van der Waals surface area contributed by atoms with Gasteiger partial charge in [0.25, 0.3) is 0 Å². The Morgan fingerprint density at radius 2 is 2.04 bits per heavy atom. The van der Waals surface area contributed by atoms with Crippen molar-refractivity contribution in [2.24, 2.45) is 0 Å². The second kappa shape index (κ2) is 7.13. The molecule has 0 spiro atoms. The number of amides is 1. The highest BCUT2D eigenvalue weighted by molar-refractivity contribution is 5.71. The molecule has 1 heterocycles. The molecule has 1 aliphatic heterocycles. The van der Waals surface area contributed by atoms with E-state index in [0.29, 0.717) is 17.0 Å². The zero-order valence-electron chi connectivity index (χ0n) is 15.2. The van der Waals surface area contributed by atoms with Crippen LogP contribution in [0.5, 0.6) is 5.75 Å². The van der Waals surface area contributed by atoms with E-state index in [0.717, 1.165) is 0 Å². The van der Waals surface area contributed by atoms with Gasteiger partial charge in [0.15, 0.2) is 0 Å². The van der Waals surface area contributed by atoms with Crippen LogP contribution in [0.4, 0.5) is 4.79 Å². The lowest BCUT2D eigenvalue weighted by Gasteiger charge is -2.37. The topological polar surface area (TPSA) is 81.9 Å². The first kappa shape index (κ1) is 18.8. The van der Waals surface area contributed by atoms with E-state index in [1.165, 1.54) is 12.0 Å². The fourth-order valence-electron chi connectivity index (χ4n) is 2.88. The van der Waals surface area contributed by atoms with Crippen molar-refractivity contribution in [2.45, 2.75) is 51.8 Å². The van der Waals surface area contributed by atoms with Gasteiger partial charge in [0.05, 0.1) is 7.11 Å². The Morgan fingerprint density at radius 1 is 1.36 bits per heavy atom. The zero-order valence-corrected chi connectivity index (χ0v) is 15.2. The molecule has 136 valence electrons. The molecule has 7 heteroatoms. The summed E-state index contributed by atoms with van der Waals surface area (Å²) in [6.45, 7) is 7.05. The fourth-order valence-corrected chi connectivity index (χ4v) is 2.88. The van der Waals surface area contributed by atoms with E-state index < -0.39 is 23.8 Å². The maximum absolute atomic E-state index is 12.7. The second-order valence-corrected chi connectivity index (χ2v) is 7.01. The molecule has 2 atom stereocenters. The molecule has 2 rings (SSSR count). The van der Waals surface area contributed by atoms with Gasteiger partial charge in [-0.05, 0) is 45.4 Å². The Labute approximate surface area is 147 Å². The number of benzene rings is 1. The van der Waals surface area contributed by atoms with Crippen molar-refractivity contribution in [3.05, 3.63) is 51.7 Å². The van der Waals surface area contributed by atoms with Crippen molar-refractivity contribution < 1.29 is 19.2 Å². The highest BCUT2D eigenvalue weighted by Gasteiger charge is 2.44. The number of hydrogen-bond donors (Lipinski definition) is 0. The van der Waals surface area contributed by atoms with Crippen LogP contribution in [0.2, 0.25) is 0 Å². The largest absolute Gasteiger partial charge is 0.497 e. The number of rotatable bonds is 3. The van der Waals surface area contributed by atoms with Crippen molar-refractivity contribution in [1.82, 2.24) is 4.90 Å². The Kier molecular flexibility index (Phi) is 5.35. The molecule has 7 nitrogen and oxygen atoms in total. The molecule has 1 aromatic rings. The predicted molar refractivity (Wildman–Crippen MR) is 93.0 cm³/mol. The van der Waals surface area contributed by atoms with Crippen LogP contribution in [-0.2, 0) is 4.74 Å². The maximum atomic E-state index is 12.7. The Balaban J connectivity index is 2.51. The summed E-state index contributed by atoms with van der Waals surface area (Å²) in [7, 11) is 1.53. The molecule has 0 radical (unpaired) electrons. The maximum Gasteiger partial charge on any atom is 0.415 e. The molecule has 0 unspecified atom stereocenters. The molecule has 0 saturated carbocycles. The first-order valence-electron chi connectivity index (χ1n) is 8.10. The first-order valence-corrected chi connectivity index (χ1v) is 8.10. The number of nitrogens with zero attached hydrogens (tertiary/aromatic N) is 2. The van der Waals surface area contributed by atoms with Crippen LogP contribution in [-0.4, -0.2) is 34.7 Å². The fraction of sp³-hybridized carbons (Fsp3) is 0.500. The van der Waals surface area contributed by atoms with Crippen molar-refractivity contribution in [3.63, 3.8) is 0 Å². The Hall–Kier alpha value is -2.57. The quantitative estimate of drug-likeness (QED) is 0.611. The third kappa shape index (κ3) is 4.29. The van der Waals surface area contributed by atoms with Gasteiger partial charge in [-0.15, -0.1) is 0 Å². The highest BCUT2D eigenvalue weighted by atomic mass is 16.6. The van der Waals surface area contributed by atoms with Gasteiger partial charge in [-0.3, -0.25) is 15.0 Å². The van der Waals surface area contributed by atoms with Crippen molar-refractivity contribution >= 4 is 6.09 Å². The van der Waals surface area contributed by atoms with E-state index >= 15 is 0 Å². The molecule has 0 saturated heterocycles. The molecule has 1 aromatic carbocycles. The number of allylic oxidation sites excluding steroid dienone is 1. The molecule has 1 amide bonds. The Morgan fingerprint density at radius 3 is 2.60 bits per heavy atom. The van der Waals surface area contributed by atoms with Crippen LogP contribution in [0, 0.1) is 10.1 Å². The van der Waals surface area contributed by atoms with E-state index in [-0.39, 0.29) is 11.3 Å². The van der Waals surface area contributed by atoms with E-state index in [2.05, 4.69) is 0 Å². The zero-order chi connectivity index (χ0) is 18.8. The molecular formula is C18H24N2O5. The molecule has 1 aliphatic rings. The summed E-state index contributed by atoms with van der Waals surface area (Å²) in [5.41, 5.74) is 0.581. The van der Waals surface area contributed by atoms with Gasteiger partial charge >= 0.3 is 6.09 Å². The molecule has 25 heavy (non-hydrogen) atoms. The molecule has 0 aromatic heterocycles. The van der Waals surface area contributed by atoms with Gasteiger partial charge in [0.1, 0.15) is 17.4 Å². The van der Waals surface area contributed by atoms with Gasteiger partial charge < -0.3 is 9.47 Å². The summed E-state index contributed by atoms with van der Waals surface area (Å²) >= 11 is 0. The first-order chi connectivity index (χ1) is 11.6. The number of methoxy groups -OCH3 is 1. The lowest BCUT2D eigenvalue weighted by Crippen LogP contribution is -2.46. The van der Waals surface area contributed by atoms with Crippen molar-refractivity contribution in [3.8, 4) is 5.75 Å². The third-order valence-corrected chi connectivity index (χ3v) is 3.97. The number of nitro groups is 1. The third-order valence-electron chi connectivity index (χ3n) is 3.97. The monoisotopic (exact) mass is 348 g/mol. The van der Waals surface area contributed by atoms with Crippen LogP contribution in [0.1, 0.15) is 45.7 Å². The summed E-state index contributed by atoms with van der Waals surface area (Å²) in [5, 5.41) is 11.6. The molecular weight excluding hydrogens is 324 g/mol. The summed E-state index contributed by atoms with van der Waals surface area (Å²) in [4.78, 5) is 25.4. The van der Waals surface area contributed by atoms with Crippen molar-refractivity contribution in [1.29, 1.82) is 0 Å². The van der Waals surface area contributed by atoms with E-state index in [9.17, 15) is 14.9 Å². The average molecular weight is 348 g/mol.